The molecule has 1 fully saturated rings. The van der Waals surface area contributed by atoms with Crippen LogP contribution in [0.2, 0.25) is 0 Å². The van der Waals surface area contributed by atoms with Crippen LogP contribution in [0.1, 0.15) is 30.1 Å². The molecule has 3 rings (SSSR count). The second-order valence-corrected chi connectivity index (χ2v) is 6.65. The summed E-state index contributed by atoms with van der Waals surface area (Å²) in [6, 6.07) is 10.1. The predicted molar refractivity (Wildman–Crippen MR) is 70.0 cm³/mol. The monoisotopic (exact) mass is 302 g/mol. The number of hydrogen-bond acceptors (Lipinski definition) is 3. The summed E-state index contributed by atoms with van der Waals surface area (Å²) >= 11 is 17.2. The van der Waals surface area contributed by atoms with Crippen LogP contribution < -0.4 is 0 Å². The van der Waals surface area contributed by atoms with Crippen molar-refractivity contribution in [2.24, 2.45) is 0 Å². The van der Waals surface area contributed by atoms with E-state index in [1.54, 1.807) is 0 Å². The first-order valence-corrected chi connectivity index (χ1v) is 6.63. The van der Waals surface area contributed by atoms with Gasteiger partial charge in [-0.05, 0) is 18.4 Å². The van der Waals surface area contributed by atoms with Crippen LogP contribution in [0.3, 0.4) is 0 Å². The molecule has 0 aliphatic heterocycles. The van der Waals surface area contributed by atoms with Crippen molar-refractivity contribution in [1.82, 2.24) is 10.1 Å². The number of nitrogens with zero attached hydrogens (tertiary/aromatic N) is 2. The third kappa shape index (κ3) is 2.00. The molecule has 1 aliphatic rings. The van der Waals surface area contributed by atoms with Gasteiger partial charge in [0.25, 0.3) is 9.68 Å². The molecule has 3 nitrogen and oxygen atoms in total. The standard InChI is InChI=1S/C12H9Cl3N2O/c13-12(14,15)10-16-9(17-18-10)11(6-7-11)8-4-2-1-3-5-8/h1-5H,6-7H2. The molecule has 0 N–H and O–H groups in total. The van der Waals surface area contributed by atoms with E-state index in [1.807, 2.05) is 18.2 Å². The minimum Gasteiger partial charge on any atom is -0.335 e. The average Bonchev–Trinajstić information content (AvgIpc) is 2.99. The molecule has 1 aromatic carbocycles. The Bertz CT molecular complexity index is 558. The fourth-order valence-electron chi connectivity index (χ4n) is 2.06. The molecular weight excluding hydrogens is 295 g/mol. The summed E-state index contributed by atoms with van der Waals surface area (Å²) < 4.78 is 3.35. The molecule has 0 unspecified atom stereocenters. The lowest BCUT2D eigenvalue weighted by Gasteiger charge is -2.10. The summed E-state index contributed by atoms with van der Waals surface area (Å²) in [6.07, 6.45) is 1.96. The Hall–Kier alpha value is -0.770. The summed E-state index contributed by atoms with van der Waals surface area (Å²) in [5.74, 6) is 0.611. The minimum absolute atomic E-state index is 0.0182. The van der Waals surface area contributed by atoms with Crippen LogP contribution in [-0.4, -0.2) is 10.1 Å². The molecule has 0 atom stereocenters. The maximum Gasteiger partial charge on any atom is 0.278 e. The van der Waals surface area contributed by atoms with Crippen molar-refractivity contribution in [3.63, 3.8) is 0 Å². The summed E-state index contributed by atoms with van der Waals surface area (Å²) in [4.78, 5) is 4.22. The van der Waals surface area contributed by atoms with Crippen LogP contribution in [0.15, 0.2) is 34.9 Å². The summed E-state index contributed by atoms with van der Waals surface area (Å²) in [7, 11) is 0. The van der Waals surface area contributed by atoms with Crippen molar-refractivity contribution >= 4 is 34.8 Å². The first kappa shape index (κ1) is 12.3. The van der Waals surface area contributed by atoms with Crippen molar-refractivity contribution in [1.29, 1.82) is 0 Å². The van der Waals surface area contributed by atoms with Crippen molar-refractivity contribution < 1.29 is 4.52 Å². The van der Waals surface area contributed by atoms with Gasteiger partial charge in [0.15, 0.2) is 5.82 Å². The van der Waals surface area contributed by atoms with E-state index in [9.17, 15) is 0 Å². The fraction of sp³-hybridized carbons (Fsp3) is 0.333. The Labute approximate surface area is 119 Å². The summed E-state index contributed by atoms with van der Waals surface area (Å²) in [5.41, 5.74) is 1.00. The predicted octanol–water partition coefficient (Wildman–Crippen LogP) is 3.98. The highest BCUT2D eigenvalue weighted by molar-refractivity contribution is 6.66. The molecule has 0 bridgehead atoms. The summed E-state index contributed by atoms with van der Waals surface area (Å²) in [5, 5.41) is 3.95. The molecule has 0 saturated heterocycles. The van der Waals surface area contributed by atoms with Gasteiger partial charge >= 0.3 is 0 Å². The molecule has 1 saturated carbocycles. The van der Waals surface area contributed by atoms with E-state index in [4.69, 9.17) is 39.3 Å². The van der Waals surface area contributed by atoms with Crippen LogP contribution in [0.25, 0.3) is 0 Å². The molecule has 94 valence electrons. The number of halogens is 3. The Morgan fingerprint density at radius 2 is 1.78 bits per heavy atom. The smallest absolute Gasteiger partial charge is 0.278 e. The van der Waals surface area contributed by atoms with Gasteiger partial charge in [0.2, 0.25) is 0 Å². The Morgan fingerprint density at radius 1 is 1.11 bits per heavy atom. The van der Waals surface area contributed by atoms with Crippen molar-refractivity contribution in [3.8, 4) is 0 Å². The molecule has 1 aliphatic carbocycles. The Kier molecular flexibility index (Phi) is 2.81. The van der Waals surface area contributed by atoms with Crippen molar-refractivity contribution in [3.05, 3.63) is 47.6 Å². The van der Waals surface area contributed by atoms with Crippen LogP contribution in [0, 0.1) is 0 Å². The van der Waals surface area contributed by atoms with E-state index in [-0.39, 0.29) is 11.3 Å². The molecule has 2 aromatic rings. The third-order valence-corrected chi connectivity index (χ3v) is 3.66. The molecule has 1 aromatic heterocycles. The fourth-order valence-corrected chi connectivity index (χ4v) is 2.29. The van der Waals surface area contributed by atoms with E-state index in [0.29, 0.717) is 5.82 Å². The van der Waals surface area contributed by atoms with Crippen molar-refractivity contribution in [2.75, 3.05) is 0 Å². The van der Waals surface area contributed by atoms with E-state index in [0.717, 1.165) is 12.8 Å². The second-order valence-electron chi connectivity index (χ2n) is 4.37. The topological polar surface area (TPSA) is 38.9 Å². The normalized spacial score (nSPS) is 17.7. The van der Waals surface area contributed by atoms with E-state index < -0.39 is 3.79 Å². The summed E-state index contributed by atoms with van der Waals surface area (Å²) in [6.45, 7) is 0. The number of rotatable bonds is 2. The van der Waals surface area contributed by atoms with E-state index in [2.05, 4.69) is 22.3 Å². The van der Waals surface area contributed by atoms with Crippen LogP contribution in [0.5, 0.6) is 0 Å². The number of benzene rings is 1. The average molecular weight is 304 g/mol. The van der Waals surface area contributed by atoms with E-state index in [1.165, 1.54) is 5.56 Å². The van der Waals surface area contributed by atoms with Gasteiger partial charge in [-0.3, -0.25) is 0 Å². The first-order valence-electron chi connectivity index (χ1n) is 5.49. The SMILES string of the molecule is ClC(Cl)(Cl)c1nc(C2(c3ccccc3)CC2)no1. The molecule has 1 heterocycles. The van der Waals surface area contributed by atoms with Crippen molar-refractivity contribution in [2.45, 2.75) is 22.0 Å². The van der Waals surface area contributed by atoms with Crippen LogP contribution in [-0.2, 0) is 9.21 Å². The maximum atomic E-state index is 5.72. The number of hydrogen-bond donors (Lipinski definition) is 0. The molecular formula is C12H9Cl3N2O. The van der Waals surface area contributed by atoms with Gasteiger partial charge in [-0.15, -0.1) is 0 Å². The van der Waals surface area contributed by atoms with Gasteiger partial charge in [0.1, 0.15) is 0 Å². The van der Waals surface area contributed by atoms with Gasteiger partial charge in [0.05, 0.1) is 5.41 Å². The number of alkyl halides is 3. The van der Waals surface area contributed by atoms with Crippen LogP contribution in [0.4, 0.5) is 0 Å². The zero-order valence-electron chi connectivity index (χ0n) is 9.24. The van der Waals surface area contributed by atoms with E-state index >= 15 is 0 Å². The second kappa shape index (κ2) is 4.12. The zero-order chi connectivity index (χ0) is 12.8. The zero-order valence-corrected chi connectivity index (χ0v) is 11.5. The van der Waals surface area contributed by atoms with Gasteiger partial charge in [-0.1, -0.05) is 70.3 Å². The van der Waals surface area contributed by atoms with Gasteiger partial charge in [-0.25, -0.2) is 0 Å². The lowest BCUT2D eigenvalue weighted by Crippen LogP contribution is -2.11. The molecule has 0 amide bonds. The maximum absolute atomic E-state index is 5.72. The first-order chi connectivity index (χ1) is 8.52. The van der Waals surface area contributed by atoms with Crippen LogP contribution >= 0.6 is 34.8 Å². The Morgan fingerprint density at radius 3 is 2.28 bits per heavy atom. The minimum atomic E-state index is -1.67. The number of aromatic nitrogens is 2. The quantitative estimate of drug-likeness (QED) is 0.788. The largest absolute Gasteiger partial charge is 0.335 e. The lowest BCUT2D eigenvalue weighted by atomic mass is 9.95. The highest BCUT2D eigenvalue weighted by Crippen LogP contribution is 2.52. The lowest BCUT2D eigenvalue weighted by molar-refractivity contribution is 0.374. The van der Waals surface area contributed by atoms with Gasteiger partial charge < -0.3 is 4.52 Å². The Balaban J connectivity index is 1.99. The molecule has 18 heavy (non-hydrogen) atoms. The molecule has 6 heteroatoms. The molecule has 0 spiro atoms. The highest BCUT2D eigenvalue weighted by atomic mass is 35.6. The molecule has 0 radical (unpaired) electrons. The van der Waals surface area contributed by atoms with Gasteiger partial charge in [-0.2, -0.15) is 4.98 Å². The van der Waals surface area contributed by atoms with Gasteiger partial charge in [0, 0.05) is 0 Å². The third-order valence-electron chi connectivity index (χ3n) is 3.17. The highest BCUT2D eigenvalue weighted by Gasteiger charge is 2.50.